The first-order chi connectivity index (χ1) is 13.9. The molecule has 0 bridgehead atoms. The Balaban J connectivity index is 1.74. The highest BCUT2D eigenvalue weighted by molar-refractivity contribution is 6.30. The second-order valence-electron chi connectivity index (χ2n) is 7.75. The second kappa shape index (κ2) is 6.43. The zero-order valence-corrected chi connectivity index (χ0v) is 16.9. The summed E-state index contributed by atoms with van der Waals surface area (Å²) in [4.78, 5) is 23.9. The van der Waals surface area contributed by atoms with Crippen LogP contribution in [0.15, 0.2) is 41.7 Å². The van der Waals surface area contributed by atoms with Gasteiger partial charge in [0, 0.05) is 37.0 Å². The molecule has 1 saturated heterocycles. The lowest BCUT2D eigenvalue weighted by Crippen LogP contribution is -2.58. The molecule has 3 aliphatic heterocycles. The SMILES string of the molecule is C[C@H]1OCCC2Oc3ccc(-c4cncc(Cl)c4)cc3[C@]3(N=C(N)N(C)C3=O)[C@@H]21. The number of carbonyl (C=O) groups is 1. The molecule has 0 saturated carbocycles. The molecule has 1 fully saturated rings. The molecule has 4 heterocycles. The number of amides is 1. The highest BCUT2D eigenvalue weighted by atomic mass is 35.5. The summed E-state index contributed by atoms with van der Waals surface area (Å²) in [6, 6.07) is 7.61. The van der Waals surface area contributed by atoms with Crippen molar-refractivity contribution in [3.63, 3.8) is 0 Å². The van der Waals surface area contributed by atoms with Gasteiger partial charge in [-0.25, -0.2) is 4.99 Å². The van der Waals surface area contributed by atoms with Gasteiger partial charge >= 0.3 is 0 Å². The van der Waals surface area contributed by atoms with Crippen LogP contribution in [0.2, 0.25) is 5.02 Å². The van der Waals surface area contributed by atoms with Gasteiger partial charge in [-0.3, -0.25) is 14.7 Å². The number of likely N-dealkylation sites (N-methyl/N-ethyl adjacent to an activating group) is 1. The maximum atomic E-state index is 13.5. The molecule has 1 spiro atoms. The Morgan fingerprint density at radius 2 is 2.10 bits per heavy atom. The number of carbonyl (C=O) groups excluding carboxylic acids is 1. The molecular formula is C21H21ClN4O3. The first-order valence-corrected chi connectivity index (χ1v) is 9.97. The molecular weight excluding hydrogens is 392 g/mol. The topological polar surface area (TPSA) is 90.0 Å². The van der Waals surface area contributed by atoms with E-state index in [4.69, 9.17) is 31.8 Å². The van der Waals surface area contributed by atoms with Crippen LogP contribution in [0.1, 0.15) is 18.9 Å². The normalized spacial score (nSPS) is 30.6. The van der Waals surface area contributed by atoms with Crippen LogP contribution in [0.25, 0.3) is 11.1 Å². The minimum Gasteiger partial charge on any atom is -0.489 e. The van der Waals surface area contributed by atoms with Crippen molar-refractivity contribution < 1.29 is 14.3 Å². The molecule has 4 atom stereocenters. The predicted molar refractivity (Wildman–Crippen MR) is 109 cm³/mol. The van der Waals surface area contributed by atoms with Crippen molar-refractivity contribution in [1.82, 2.24) is 9.88 Å². The van der Waals surface area contributed by atoms with Crippen molar-refractivity contribution >= 4 is 23.5 Å². The number of rotatable bonds is 1. The average Bonchev–Trinajstić information content (AvgIpc) is 2.92. The number of nitrogens with zero attached hydrogens (tertiary/aromatic N) is 3. The fourth-order valence-electron chi connectivity index (χ4n) is 4.77. The smallest absolute Gasteiger partial charge is 0.262 e. The molecule has 2 aromatic rings. The zero-order chi connectivity index (χ0) is 20.3. The number of pyridine rings is 1. The molecule has 3 aliphatic rings. The van der Waals surface area contributed by atoms with E-state index in [0.29, 0.717) is 29.4 Å². The summed E-state index contributed by atoms with van der Waals surface area (Å²) in [5.74, 6) is 0.425. The Bertz CT molecular complexity index is 1040. The van der Waals surface area contributed by atoms with E-state index >= 15 is 0 Å². The Morgan fingerprint density at radius 3 is 2.83 bits per heavy atom. The van der Waals surface area contributed by atoms with Crippen LogP contribution >= 0.6 is 11.6 Å². The number of aliphatic imine (C=N–C) groups is 1. The van der Waals surface area contributed by atoms with Gasteiger partial charge in [0.05, 0.1) is 23.7 Å². The summed E-state index contributed by atoms with van der Waals surface area (Å²) in [5, 5.41) is 0.541. The highest BCUT2D eigenvalue weighted by Gasteiger charge is 2.62. The number of fused-ring (bicyclic) bond motifs is 4. The molecule has 1 unspecified atom stereocenters. The first kappa shape index (κ1) is 18.4. The van der Waals surface area contributed by atoms with E-state index in [9.17, 15) is 4.79 Å². The molecule has 0 radical (unpaired) electrons. The van der Waals surface area contributed by atoms with Gasteiger partial charge in [0.2, 0.25) is 0 Å². The predicted octanol–water partition coefficient (Wildman–Crippen LogP) is 2.57. The third-order valence-corrected chi connectivity index (χ3v) is 6.35. The van der Waals surface area contributed by atoms with Crippen molar-refractivity contribution in [3.8, 4) is 16.9 Å². The van der Waals surface area contributed by atoms with Crippen LogP contribution < -0.4 is 10.5 Å². The van der Waals surface area contributed by atoms with E-state index in [-0.39, 0.29) is 30.0 Å². The number of ether oxygens (including phenoxy) is 2. The number of aromatic nitrogens is 1. The van der Waals surface area contributed by atoms with Crippen molar-refractivity contribution in [2.45, 2.75) is 31.1 Å². The van der Waals surface area contributed by atoms with E-state index in [0.717, 1.165) is 11.1 Å². The van der Waals surface area contributed by atoms with Gasteiger partial charge in [0.1, 0.15) is 11.9 Å². The molecule has 0 aliphatic carbocycles. The van der Waals surface area contributed by atoms with E-state index < -0.39 is 5.54 Å². The van der Waals surface area contributed by atoms with Crippen LogP contribution in [0.3, 0.4) is 0 Å². The van der Waals surface area contributed by atoms with Gasteiger partial charge in [-0.05, 0) is 30.7 Å². The largest absolute Gasteiger partial charge is 0.489 e. The lowest BCUT2D eigenvalue weighted by Gasteiger charge is -2.48. The van der Waals surface area contributed by atoms with Gasteiger partial charge in [-0.1, -0.05) is 17.7 Å². The van der Waals surface area contributed by atoms with E-state index in [2.05, 4.69) is 4.98 Å². The Hall–Kier alpha value is -2.64. The molecule has 7 nitrogen and oxygen atoms in total. The van der Waals surface area contributed by atoms with Crippen LogP contribution in [-0.4, -0.2) is 47.6 Å². The molecule has 2 N–H and O–H groups in total. The molecule has 150 valence electrons. The van der Waals surface area contributed by atoms with Gasteiger partial charge in [0.15, 0.2) is 11.5 Å². The first-order valence-electron chi connectivity index (χ1n) is 9.59. The summed E-state index contributed by atoms with van der Waals surface area (Å²) < 4.78 is 12.2. The number of nitrogens with two attached hydrogens (primary N) is 1. The standard InChI is InChI=1S/C21H21ClN4O3/c1-11-18-17(5-6-28-11)29-16-4-3-12(13-7-14(22)10-24-9-13)8-15(16)21(18)19(27)26(2)20(23)25-21/h3-4,7-11,17-18H,5-6H2,1-2H3,(H2,23,25)/t11-,17?,18-,21+/m1/s1. The summed E-state index contributed by atoms with van der Waals surface area (Å²) in [7, 11) is 1.65. The zero-order valence-electron chi connectivity index (χ0n) is 16.1. The fraction of sp³-hybridized carbons (Fsp3) is 0.381. The quantitative estimate of drug-likeness (QED) is 0.777. The second-order valence-corrected chi connectivity index (χ2v) is 8.19. The third-order valence-electron chi connectivity index (χ3n) is 6.14. The molecule has 29 heavy (non-hydrogen) atoms. The molecule has 1 amide bonds. The lowest BCUT2D eigenvalue weighted by molar-refractivity contribution is -0.149. The van der Waals surface area contributed by atoms with E-state index in [1.165, 1.54) is 4.90 Å². The van der Waals surface area contributed by atoms with Crippen molar-refractivity contribution in [2.24, 2.45) is 16.6 Å². The molecule has 8 heteroatoms. The van der Waals surface area contributed by atoms with E-state index in [1.54, 1.807) is 19.4 Å². The monoisotopic (exact) mass is 412 g/mol. The minimum atomic E-state index is -1.17. The van der Waals surface area contributed by atoms with Crippen molar-refractivity contribution in [2.75, 3.05) is 13.7 Å². The summed E-state index contributed by atoms with van der Waals surface area (Å²) in [6.07, 6.45) is 3.64. The molecule has 1 aromatic carbocycles. The molecule has 5 rings (SSSR count). The van der Waals surface area contributed by atoms with Gasteiger partial charge in [-0.15, -0.1) is 0 Å². The van der Waals surface area contributed by atoms with Gasteiger partial charge < -0.3 is 15.2 Å². The number of hydrogen-bond donors (Lipinski definition) is 1. The summed E-state index contributed by atoms with van der Waals surface area (Å²) in [6.45, 7) is 2.55. The van der Waals surface area contributed by atoms with Crippen LogP contribution in [0.5, 0.6) is 5.75 Å². The number of benzene rings is 1. The lowest BCUT2D eigenvalue weighted by atomic mass is 9.68. The van der Waals surface area contributed by atoms with Crippen molar-refractivity contribution in [1.29, 1.82) is 0 Å². The van der Waals surface area contributed by atoms with Crippen LogP contribution in [0.4, 0.5) is 0 Å². The Kier molecular flexibility index (Phi) is 4.08. The molecule has 1 aromatic heterocycles. The Morgan fingerprint density at radius 1 is 1.28 bits per heavy atom. The minimum absolute atomic E-state index is 0.159. The number of guanidine groups is 1. The van der Waals surface area contributed by atoms with Crippen LogP contribution in [-0.2, 0) is 15.1 Å². The average molecular weight is 413 g/mol. The van der Waals surface area contributed by atoms with Crippen molar-refractivity contribution in [3.05, 3.63) is 47.2 Å². The number of halogens is 1. The van der Waals surface area contributed by atoms with E-state index in [1.807, 2.05) is 31.2 Å². The maximum absolute atomic E-state index is 13.5. The Labute approximate surface area is 173 Å². The number of hydrogen-bond acceptors (Lipinski definition) is 6. The maximum Gasteiger partial charge on any atom is 0.262 e. The summed E-state index contributed by atoms with van der Waals surface area (Å²) >= 11 is 6.13. The fourth-order valence-corrected chi connectivity index (χ4v) is 4.95. The van der Waals surface area contributed by atoms with Gasteiger partial charge in [0.25, 0.3) is 5.91 Å². The van der Waals surface area contributed by atoms with Crippen LogP contribution in [0, 0.1) is 5.92 Å². The van der Waals surface area contributed by atoms with Gasteiger partial charge in [-0.2, -0.15) is 0 Å². The summed E-state index contributed by atoms with van der Waals surface area (Å²) in [5.41, 5.74) is 7.37. The third kappa shape index (κ3) is 2.57. The highest BCUT2D eigenvalue weighted by Crippen LogP contribution is 2.53.